The van der Waals surface area contributed by atoms with Crippen molar-refractivity contribution in [2.45, 2.75) is 20.4 Å². The summed E-state index contributed by atoms with van der Waals surface area (Å²) in [6.07, 6.45) is 3.32. The van der Waals surface area contributed by atoms with Gasteiger partial charge < -0.3 is 9.88 Å². The molecule has 0 aliphatic carbocycles. The summed E-state index contributed by atoms with van der Waals surface area (Å²) in [4.78, 5) is 27.1. The quantitative estimate of drug-likeness (QED) is 0.849. The van der Waals surface area contributed by atoms with Crippen LogP contribution in [0.25, 0.3) is 10.9 Å². The Morgan fingerprint density at radius 3 is 2.94 bits per heavy atom. The van der Waals surface area contributed by atoms with Gasteiger partial charge in [0.15, 0.2) is 0 Å². The number of carbonyl (C=O) groups excluding carboxylic acids is 1. The van der Waals surface area contributed by atoms with Crippen molar-refractivity contribution in [3.8, 4) is 0 Å². The number of nitrogens with one attached hydrogen (secondary N) is 1. The van der Waals surface area contributed by atoms with E-state index < -0.39 is 0 Å². The minimum atomic E-state index is -0.256. The number of anilines is 1. The standard InChI is InChI=1S/C12H13N3O2/c1-3-15-11-4-5-13-7-9(11)6-10(12(15)17)14-8(2)16/h4-7H,3H2,1-2H3,(H,14,16). The van der Waals surface area contributed by atoms with Gasteiger partial charge >= 0.3 is 0 Å². The first-order valence-electron chi connectivity index (χ1n) is 5.38. The van der Waals surface area contributed by atoms with Crippen LogP contribution in [0.4, 0.5) is 5.69 Å². The lowest BCUT2D eigenvalue weighted by Gasteiger charge is -2.10. The topological polar surface area (TPSA) is 64.0 Å². The summed E-state index contributed by atoms with van der Waals surface area (Å²) in [6.45, 7) is 3.81. The molecule has 88 valence electrons. The maximum Gasteiger partial charge on any atom is 0.274 e. The Bertz CT molecular complexity index is 631. The van der Waals surface area contributed by atoms with Gasteiger partial charge in [-0.1, -0.05) is 0 Å². The lowest BCUT2D eigenvalue weighted by molar-refractivity contribution is -0.114. The van der Waals surface area contributed by atoms with Crippen LogP contribution in [-0.4, -0.2) is 15.5 Å². The average molecular weight is 231 g/mol. The highest BCUT2D eigenvalue weighted by molar-refractivity contribution is 5.91. The van der Waals surface area contributed by atoms with E-state index in [-0.39, 0.29) is 11.5 Å². The predicted molar refractivity (Wildman–Crippen MR) is 66.0 cm³/mol. The largest absolute Gasteiger partial charge is 0.322 e. The highest BCUT2D eigenvalue weighted by Gasteiger charge is 2.08. The van der Waals surface area contributed by atoms with E-state index in [0.29, 0.717) is 12.2 Å². The fourth-order valence-electron chi connectivity index (χ4n) is 1.82. The molecule has 0 aliphatic rings. The Kier molecular flexibility index (Phi) is 2.91. The molecule has 0 atom stereocenters. The molecule has 1 amide bonds. The monoisotopic (exact) mass is 231 g/mol. The molecule has 0 bridgehead atoms. The SMILES string of the molecule is CCn1c(=O)c(NC(C)=O)cc2cnccc21. The molecule has 1 N–H and O–H groups in total. The summed E-state index contributed by atoms with van der Waals surface area (Å²) in [5.41, 5.74) is 0.919. The molecule has 0 aromatic carbocycles. The van der Waals surface area contributed by atoms with Crippen molar-refractivity contribution >= 4 is 22.5 Å². The van der Waals surface area contributed by atoms with E-state index >= 15 is 0 Å². The maximum atomic E-state index is 12.1. The normalized spacial score (nSPS) is 10.5. The van der Waals surface area contributed by atoms with Crippen molar-refractivity contribution in [2.75, 3.05) is 5.32 Å². The Balaban J connectivity index is 2.75. The van der Waals surface area contributed by atoms with E-state index in [9.17, 15) is 9.59 Å². The molecule has 17 heavy (non-hydrogen) atoms. The van der Waals surface area contributed by atoms with E-state index in [0.717, 1.165) is 10.9 Å². The van der Waals surface area contributed by atoms with E-state index in [4.69, 9.17) is 0 Å². The van der Waals surface area contributed by atoms with Crippen LogP contribution < -0.4 is 10.9 Å². The van der Waals surface area contributed by atoms with Gasteiger partial charge in [0, 0.05) is 31.2 Å². The molecule has 0 spiro atoms. The van der Waals surface area contributed by atoms with Crippen LogP contribution >= 0.6 is 0 Å². The molecular formula is C12H13N3O2. The van der Waals surface area contributed by atoms with Gasteiger partial charge in [-0.3, -0.25) is 14.6 Å². The van der Waals surface area contributed by atoms with Gasteiger partial charge in [0.2, 0.25) is 5.91 Å². The number of fused-ring (bicyclic) bond motifs is 1. The summed E-state index contributed by atoms with van der Waals surface area (Å²) < 4.78 is 1.61. The zero-order valence-electron chi connectivity index (χ0n) is 9.73. The Labute approximate surface area is 98.1 Å². The molecule has 5 heteroatoms. The van der Waals surface area contributed by atoms with Gasteiger partial charge in [-0.15, -0.1) is 0 Å². The van der Waals surface area contributed by atoms with Gasteiger partial charge in [-0.2, -0.15) is 0 Å². The zero-order chi connectivity index (χ0) is 12.4. The van der Waals surface area contributed by atoms with Crippen LogP contribution in [-0.2, 0) is 11.3 Å². The molecule has 2 aromatic rings. The maximum absolute atomic E-state index is 12.1. The molecule has 0 unspecified atom stereocenters. The predicted octanol–water partition coefficient (Wildman–Crippen LogP) is 1.37. The van der Waals surface area contributed by atoms with Crippen LogP contribution in [0.2, 0.25) is 0 Å². The van der Waals surface area contributed by atoms with E-state index in [1.165, 1.54) is 6.92 Å². The first-order chi connectivity index (χ1) is 8.13. The molecule has 0 saturated carbocycles. The van der Waals surface area contributed by atoms with Gasteiger partial charge in [0.1, 0.15) is 5.69 Å². The van der Waals surface area contributed by atoms with Crippen LogP contribution in [0.5, 0.6) is 0 Å². The number of aryl methyl sites for hydroxylation is 1. The molecule has 0 fully saturated rings. The van der Waals surface area contributed by atoms with E-state index in [1.807, 2.05) is 6.92 Å². The molecule has 0 radical (unpaired) electrons. The molecule has 2 aromatic heterocycles. The number of hydrogen-bond donors (Lipinski definition) is 1. The molecule has 0 aliphatic heterocycles. The number of pyridine rings is 2. The second-order valence-electron chi connectivity index (χ2n) is 3.72. The van der Waals surface area contributed by atoms with Gasteiger partial charge in [0.05, 0.1) is 5.52 Å². The minimum absolute atomic E-state index is 0.193. The molecule has 0 saturated heterocycles. The highest BCUT2D eigenvalue weighted by atomic mass is 16.2. The van der Waals surface area contributed by atoms with Gasteiger partial charge in [0.25, 0.3) is 5.56 Å². The Morgan fingerprint density at radius 2 is 2.29 bits per heavy atom. The number of carbonyl (C=O) groups is 1. The van der Waals surface area contributed by atoms with Crippen LogP contribution in [0.15, 0.2) is 29.3 Å². The lowest BCUT2D eigenvalue weighted by atomic mass is 10.2. The lowest BCUT2D eigenvalue weighted by Crippen LogP contribution is -2.24. The molecule has 2 heterocycles. The number of aromatic nitrogens is 2. The van der Waals surface area contributed by atoms with Gasteiger partial charge in [-0.25, -0.2) is 0 Å². The van der Waals surface area contributed by atoms with E-state index in [1.54, 1.807) is 29.1 Å². The number of rotatable bonds is 2. The van der Waals surface area contributed by atoms with Crippen LogP contribution in [0.3, 0.4) is 0 Å². The summed E-state index contributed by atoms with van der Waals surface area (Å²) in [5.74, 6) is -0.256. The Hall–Kier alpha value is -2.17. The molecular weight excluding hydrogens is 218 g/mol. The number of nitrogens with zero attached hydrogens (tertiary/aromatic N) is 2. The van der Waals surface area contributed by atoms with Crippen molar-refractivity contribution in [1.82, 2.24) is 9.55 Å². The van der Waals surface area contributed by atoms with Crippen molar-refractivity contribution in [3.63, 3.8) is 0 Å². The first-order valence-corrected chi connectivity index (χ1v) is 5.38. The van der Waals surface area contributed by atoms with Crippen molar-refractivity contribution in [2.24, 2.45) is 0 Å². The van der Waals surface area contributed by atoms with Crippen LogP contribution in [0, 0.1) is 0 Å². The fourth-order valence-corrected chi connectivity index (χ4v) is 1.82. The third-order valence-corrected chi connectivity index (χ3v) is 2.52. The van der Waals surface area contributed by atoms with Crippen molar-refractivity contribution in [3.05, 3.63) is 34.9 Å². The summed E-state index contributed by atoms with van der Waals surface area (Å²) in [6, 6.07) is 3.44. The summed E-state index contributed by atoms with van der Waals surface area (Å²) >= 11 is 0. The second kappa shape index (κ2) is 4.37. The molecule has 5 nitrogen and oxygen atoms in total. The smallest absolute Gasteiger partial charge is 0.274 e. The molecule has 2 rings (SSSR count). The third kappa shape index (κ3) is 2.04. The highest BCUT2D eigenvalue weighted by Crippen LogP contribution is 2.14. The van der Waals surface area contributed by atoms with E-state index in [2.05, 4.69) is 10.3 Å². The first kappa shape index (κ1) is 11.3. The van der Waals surface area contributed by atoms with Gasteiger partial charge in [-0.05, 0) is 19.1 Å². The summed E-state index contributed by atoms with van der Waals surface area (Å²) in [7, 11) is 0. The Morgan fingerprint density at radius 1 is 1.53 bits per heavy atom. The second-order valence-corrected chi connectivity index (χ2v) is 3.72. The number of amides is 1. The van der Waals surface area contributed by atoms with Crippen molar-refractivity contribution in [1.29, 1.82) is 0 Å². The fraction of sp³-hybridized carbons (Fsp3) is 0.250. The van der Waals surface area contributed by atoms with Crippen molar-refractivity contribution < 1.29 is 4.79 Å². The third-order valence-electron chi connectivity index (χ3n) is 2.52. The van der Waals surface area contributed by atoms with Crippen LogP contribution in [0.1, 0.15) is 13.8 Å². The number of hydrogen-bond acceptors (Lipinski definition) is 3. The summed E-state index contributed by atoms with van der Waals surface area (Å²) in [5, 5.41) is 3.37. The average Bonchev–Trinajstić information content (AvgIpc) is 2.30. The minimum Gasteiger partial charge on any atom is -0.322 e. The zero-order valence-corrected chi connectivity index (χ0v) is 9.73.